The summed E-state index contributed by atoms with van der Waals surface area (Å²) in [5.41, 5.74) is 1.83. The van der Waals surface area contributed by atoms with Crippen LogP contribution in [0.2, 0.25) is 5.02 Å². The minimum atomic E-state index is -0.149. The van der Waals surface area contributed by atoms with Crippen molar-refractivity contribution in [3.63, 3.8) is 0 Å². The summed E-state index contributed by atoms with van der Waals surface area (Å²) in [5.74, 6) is 0.202. The quantitative estimate of drug-likeness (QED) is 0.913. The third-order valence-corrected chi connectivity index (χ3v) is 4.73. The Kier molecular flexibility index (Phi) is 4.87. The van der Waals surface area contributed by atoms with E-state index < -0.39 is 0 Å². The number of amides is 1. The van der Waals surface area contributed by atoms with E-state index in [1.54, 1.807) is 18.2 Å². The van der Waals surface area contributed by atoms with Gasteiger partial charge in [0, 0.05) is 30.5 Å². The van der Waals surface area contributed by atoms with Gasteiger partial charge in [0.05, 0.1) is 0 Å². The topological polar surface area (TPSA) is 40.5 Å². The SMILES string of the molecule is O=C(C[C@@H](c1cccc(O)c1)c1ccccc1Cl)N1CCCC1. The number of halogens is 1. The van der Waals surface area contributed by atoms with Gasteiger partial charge in [-0.15, -0.1) is 0 Å². The lowest BCUT2D eigenvalue weighted by Gasteiger charge is -2.22. The summed E-state index contributed by atoms with van der Waals surface area (Å²) in [6.07, 6.45) is 2.52. The number of rotatable bonds is 4. The van der Waals surface area contributed by atoms with Crippen molar-refractivity contribution in [1.82, 2.24) is 4.90 Å². The molecule has 1 atom stereocenters. The fraction of sp³-hybridized carbons (Fsp3) is 0.316. The number of carbonyl (C=O) groups is 1. The molecule has 0 radical (unpaired) electrons. The molecule has 0 aromatic heterocycles. The molecule has 1 heterocycles. The van der Waals surface area contributed by atoms with Gasteiger partial charge >= 0.3 is 0 Å². The van der Waals surface area contributed by atoms with E-state index in [-0.39, 0.29) is 17.6 Å². The van der Waals surface area contributed by atoms with E-state index >= 15 is 0 Å². The highest BCUT2D eigenvalue weighted by atomic mass is 35.5. The lowest BCUT2D eigenvalue weighted by Crippen LogP contribution is -2.29. The molecule has 0 unspecified atom stereocenters. The van der Waals surface area contributed by atoms with Crippen LogP contribution in [0.5, 0.6) is 5.75 Å². The molecule has 3 rings (SSSR count). The molecule has 0 aliphatic carbocycles. The smallest absolute Gasteiger partial charge is 0.223 e. The van der Waals surface area contributed by atoms with Gasteiger partial charge in [-0.05, 0) is 42.2 Å². The molecule has 1 aliphatic rings. The van der Waals surface area contributed by atoms with Gasteiger partial charge in [-0.3, -0.25) is 4.79 Å². The van der Waals surface area contributed by atoms with Crippen molar-refractivity contribution in [2.45, 2.75) is 25.2 Å². The first-order valence-corrected chi connectivity index (χ1v) is 8.34. The van der Waals surface area contributed by atoms with Crippen LogP contribution in [0.4, 0.5) is 0 Å². The number of phenolic OH excluding ortho intramolecular Hbond substituents is 1. The molecule has 120 valence electrons. The Balaban J connectivity index is 1.93. The first kappa shape index (κ1) is 15.9. The Hall–Kier alpha value is -2.00. The van der Waals surface area contributed by atoms with Crippen LogP contribution >= 0.6 is 11.6 Å². The predicted octanol–water partition coefficient (Wildman–Crippen LogP) is 4.19. The number of hydrogen-bond donors (Lipinski definition) is 1. The molecule has 1 saturated heterocycles. The summed E-state index contributed by atoms with van der Waals surface area (Å²) in [6.45, 7) is 1.68. The third kappa shape index (κ3) is 3.67. The molecule has 4 heteroatoms. The van der Waals surface area contributed by atoms with Crippen molar-refractivity contribution >= 4 is 17.5 Å². The fourth-order valence-electron chi connectivity index (χ4n) is 3.18. The molecular weight excluding hydrogens is 310 g/mol. The molecule has 23 heavy (non-hydrogen) atoms. The number of nitrogens with zero attached hydrogens (tertiary/aromatic N) is 1. The molecule has 1 aliphatic heterocycles. The van der Waals surface area contributed by atoms with E-state index in [9.17, 15) is 9.90 Å². The van der Waals surface area contributed by atoms with E-state index in [1.165, 1.54) is 0 Å². The Morgan fingerprint density at radius 2 is 1.87 bits per heavy atom. The van der Waals surface area contributed by atoms with Crippen LogP contribution in [0.1, 0.15) is 36.3 Å². The Bertz CT molecular complexity index is 695. The first-order chi connectivity index (χ1) is 11.1. The number of likely N-dealkylation sites (tertiary alicyclic amines) is 1. The Labute approximate surface area is 141 Å². The van der Waals surface area contributed by atoms with Crippen LogP contribution < -0.4 is 0 Å². The van der Waals surface area contributed by atoms with Gasteiger partial charge in [-0.25, -0.2) is 0 Å². The van der Waals surface area contributed by atoms with Gasteiger partial charge in [0.2, 0.25) is 5.91 Å². The van der Waals surface area contributed by atoms with Crippen LogP contribution in [0, 0.1) is 0 Å². The van der Waals surface area contributed by atoms with Gasteiger partial charge in [0.1, 0.15) is 5.75 Å². The second-order valence-corrected chi connectivity index (χ2v) is 6.37. The molecule has 1 N–H and O–H groups in total. The zero-order valence-corrected chi connectivity index (χ0v) is 13.7. The van der Waals surface area contributed by atoms with Crippen LogP contribution in [-0.4, -0.2) is 29.0 Å². The molecule has 0 spiro atoms. The Morgan fingerprint density at radius 3 is 2.57 bits per heavy atom. The second kappa shape index (κ2) is 7.05. The van der Waals surface area contributed by atoms with E-state index in [1.807, 2.05) is 35.2 Å². The van der Waals surface area contributed by atoms with Gasteiger partial charge in [-0.1, -0.05) is 41.9 Å². The lowest BCUT2D eigenvalue weighted by molar-refractivity contribution is -0.130. The molecule has 0 bridgehead atoms. The first-order valence-electron chi connectivity index (χ1n) is 7.96. The predicted molar refractivity (Wildman–Crippen MR) is 91.8 cm³/mol. The zero-order chi connectivity index (χ0) is 16.2. The second-order valence-electron chi connectivity index (χ2n) is 5.96. The maximum absolute atomic E-state index is 12.6. The van der Waals surface area contributed by atoms with Gasteiger partial charge in [0.25, 0.3) is 0 Å². The van der Waals surface area contributed by atoms with Crippen LogP contribution in [0.25, 0.3) is 0 Å². The minimum absolute atomic E-state index is 0.149. The van der Waals surface area contributed by atoms with Crippen molar-refractivity contribution in [3.8, 4) is 5.75 Å². The molecule has 1 amide bonds. The van der Waals surface area contributed by atoms with Crippen LogP contribution in [-0.2, 0) is 4.79 Å². The molecule has 2 aromatic rings. The van der Waals surface area contributed by atoms with E-state index in [2.05, 4.69) is 0 Å². The number of phenols is 1. The molecule has 2 aromatic carbocycles. The van der Waals surface area contributed by atoms with Crippen molar-refractivity contribution in [2.24, 2.45) is 0 Å². The van der Waals surface area contributed by atoms with Gasteiger partial charge in [0.15, 0.2) is 0 Å². The number of carbonyl (C=O) groups excluding carboxylic acids is 1. The average molecular weight is 330 g/mol. The largest absolute Gasteiger partial charge is 0.508 e. The molecule has 1 fully saturated rings. The number of aromatic hydroxyl groups is 1. The van der Waals surface area contributed by atoms with Crippen molar-refractivity contribution in [2.75, 3.05) is 13.1 Å². The molecule has 3 nitrogen and oxygen atoms in total. The highest BCUT2D eigenvalue weighted by molar-refractivity contribution is 6.31. The van der Waals surface area contributed by atoms with Gasteiger partial charge in [-0.2, -0.15) is 0 Å². The van der Waals surface area contributed by atoms with Crippen molar-refractivity contribution in [1.29, 1.82) is 0 Å². The molecular formula is C19H20ClNO2. The highest BCUT2D eigenvalue weighted by Gasteiger charge is 2.25. The van der Waals surface area contributed by atoms with Crippen LogP contribution in [0.15, 0.2) is 48.5 Å². The summed E-state index contributed by atoms with van der Waals surface area (Å²) in [7, 11) is 0. The maximum atomic E-state index is 12.6. The maximum Gasteiger partial charge on any atom is 0.223 e. The Morgan fingerprint density at radius 1 is 1.13 bits per heavy atom. The summed E-state index contributed by atoms with van der Waals surface area (Å²) < 4.78 is 0. The standard InChI is InChI=1S/C19H20ClNO2/c20-18-9-2-1-8-16(18)17(14-6-5-7-15(22)12-14)13-19(23)21-10-3-4-11-21/h1-2,5-9,12,17,22H,3-4,10-11,13H2/t17-/m0/s1. The third-order valence-electron chi connectivity index (χ3n) is 4.39. The fourth-order valence-corrected chi connectivity index (χ4v) is 3.44. The van der Waals surface area contributed by atoms with Crippen molar-refractivity contribution in [3.05, 3.63) is 64.7 Å². The van der Waals surface area contributed by atoms with Gasteiger partial charge < -0.3 is 10.0 Å². The lowest BCUT2D eigenvalue weighted by atomic mass is 9.88. The monoisotopic (exact) mass is 329 g/mol. The highest BCUT2D eigenvalue weighted by Crippen LogP contribution is 2.34. The normalized spacial score (nSPS) is 15.6. The van der Waals surface area contributed by atoms with E-state index in [0.29, 0.717) is 11.4 Å². The number of benzene rings is 2. The summed E-state index contributed by atoms with van der Waals surface area (Å²) in [4.78, 5) is 14.5. The van der Waals surface area contributed by atoms with Crippen molar-refractivity contribution < 1.29 is 9.90 Å². The number of hydrogen-bond acceptors (Lipinski definition) is 2. The zero-order valence-electron chi connectivity index (χ0n) is 12.9. The minimum Gasteiger partial charge on any atom is -0.508 e. The summed E-state index contributed by atoms with van der Waals surface area (Å²) in [6, 6.07) is 14.7. The molecule has 0 saturated carbocycles. The van der Waals surface area contributed by atoms with Crippen LogP contribution in [0.3, 0.4) is 0 Å². The van der Waals surface area contributed by atoms with E-state index in [4.69, 9.17) is 11.6 Å². The summed E-state index contributed by atoms with van der Waals surface area (Å²) >= 11 is 6.36. The average Bonchev–Trinajstić information content (AvgIpc) is 3.08. The van der Waals surface area contributed by atoms with E-state index in [0.717, 1.165) is 37.1 Å². The summed E-state index contributed by atoms with van der Waals surface area (Å²) in [5, 5.41) is 10.4.